The number of pyridine rings is 1. The highest BCUT2D eigenvalue weighted by Gasteiger charge is 2.26. The minimum atomic E-state index is -1.53. The monoisotopic (exact) mass is 358 g/mol. The fourth-order valence-corrected chi connectivity index (χ4v) is 2.78. The first kappa shape index (κ1) is 17.7. The number of H-pyrrole nitrogens is 1. The lowest BCUT2D eigenvalue weighted by Gasteiger charge is -2.13. The summed E-state index contributed by atoms with van der Waals surface area (Å²) in [4.78, 5) is 37.3. The summed E-state index contributed by atoms with van der Waals surface area (Å²) in [6.45, 7) is 0.969. The Hall–Kier alpha value is -3.13. The summed E-state index contributed by atoms with van der Waals surface area (Å²) >= 11 is 0. The van der Waals surface area contributed by atoms with Crippen LogP contribution in [-0.4, -0.2) is 33.7 Å². The van der Waals surface area contributed by atoms with Gasteiger partial charge in [0, 0.05) is 12.2 Å². The Balaban J connectivity index is 2.08. The number of ether oxygens (including phenoxy) is 1. The fraction of sp³-hybridized carbons (Fsp3) is 0.278. The molecule has 1 saturated carbocycles. The number of nitrogens with one attached hydrogen (secondary N) is 1. The molecule has 0 amide bonds. The maximum absolute atomic E-state index is 12.1. The zero-order valence-electron chi connectivity index (χ0n) is 13.8. The van der Waals surface area contributed by atoms with Gasteiger partial charge in [0.15, 0.2) is 0 Å². The van der Waals surface area contributed by atoms with E-state index in [0.29, 0.717) is 19.1 Å². The molecule has 0 spiro atoms. The number of hydrogen-bond acceptors (Lipinski definition) is 5. The van der Waals surface area contributed by atoms with E-state index in [-0.39, 0.29) is 11.1 Å². The number of aromatic nitrogens is 1. The minimum Gasteiger partial charge on any atom is -0.478 e. The second kappa shape index (κ2) is 7.01. The van der Waals surface area contributed by atoms with E-state index in [4.69, 9.17) is 10.5 Å². The van der Waals surface area contributed by atoms with Crippen LogP contribution in [-0.2, 0) is 11.3 Å². The van der Waals surface area contributed by atoms with Gasteiger partial charge in [0.25, 0.3) is 5.56 Å². The van der Waals surface area contributed by atoms with Crippen LogP contribution in [0.2, 0.25) is 0 Å². The van der Waals surface area contributed by atoms with Crippen LogP contribution >= 0.6 is 0 Å². The maximum atomic E-state index is 12.1. The lowest BCUT2D eigenvalue weighted by atomic mass is 9.94. The lowest BCUT2D eigenvalue weighted by molar-refractivity contribution is 0.0695. The number of nitrogen functional groups attached to an aromatic ring is 1. The zero-order valence-corrected chi connectivity index (χ0v) is 13.8. The van der Waals surface area contributed by atoms with E-state index in [1.54, 1.807) is 18.2 Å². The first-order valence-corrected chi connectivity index (χ1v) is 8.08. The van der Waals surface area contributed by atoms with Crippen LogP contribution in [0.25, 0.3) is 11.1 Å². The Morgan fingerprint density at radius 1 is 1.19 bits per heavy atom. The summed E-state index contributed by atoms with van der Waals surface area (Å²) in [6, 6.07) is 6.59. The van der Waals surface area contributed by atoms with E-state index in [2.05, 4.69) is 4.98 Å². The van der Waals surface area contributed by atoms with Gasteiger partial charge in [-0.1, -0.05) is 18.2 Å². The molecular formula is C18H18N2O6. The van der Waals surface area contributed by atoms with E-state index in [1.165, 1.54) is 6.07 Å². The molecule has 0 saturated heterocycles. The molecule has 8 heteroatoms. The number of nitrogens with two attached hydrogens (primary N) is 1. The second-order valence-corrected chi connectivity index (χ2v) is 6.26. The Bertz CT molecular complexity index is 930. The molecule has 0 atom stereocenters. The van der Waals surface area contributed by atoms with Crippen molar-refractivity contribution < 1.29 is 24.5 Å². The molecule has 3 rings (SSSR count). The molecule has 0 radical (unpaired) electrons. The number of aromatic carboxylic acids is 2. The average Bonchev–Trinajstić information content (AvgIpc) is 3.38. The van der Waals surface area contributed by atoms with Crippen LogP contribution < -0.4 is 11.3 Å². The summed E-state index contributed by atoms with van der Waals surface area (Å²) in [5, 5.41) is 18.9. The highest BCUT2D eigenvalue weighted by Crippen LogP contribution is 2.31. The molecule has 1 aromatic heterocycles. The van der Waals surface area contributed by atoms with Crippen molar-refractivity contribution in [3.63, 3.8) is 0 Å². The van der Waals surface area contributed by atoms with Crippen molar-refractivity contribution in [3.05, 3.63) is 51.3 Å². The molecule has 0 unspecified atom stereocenters. The number of carboxylic acid groups (broad SMARTS) is 2. The molecule has 136 valence electrons. The topological polar surface area (TPSA) is 143 Å². The molecule has 5 N–H and O–H groups in total. The van der Waals surface area contributed by atoms with Crippen molar-refractivity contribution in [2.75, 3.05) is 12.3 Å². The van der Waals surface area contributed by atoms with Crippen molar-refractivity contribution in [1.29, 1.82) is 0 Å². The normalized spacial score (nSPS) is 13.5. The van der Waals surface area contributed by atoms with Gasteiger partial charge < -0.3 is 25.7 Å². The Kier molecular flexibility index (Phi) is 4.77. The van der Waals surface area contributed by atoms with Gasteiger partial charge in [0.1, 0.15) is 16.9 Å². The SMILES string of the molecule is Nc1[nH]c(=O)c(C(=O)O)c(-c2cccc(COCC3CC3)c2)c1C(=O)O. The van der Waals surface area contributed by atoms with Crippen LogP contribution in [0, 0.1) is 5.92 Å². The van der Waals surface area contributed by atoms with Gasteiger partial charge >= 0.3 is 11.9 Å². The average molecular weight is 358 g/mol. The van der Waals surface area contributed by atoms with Gasteiger partial charge in [0.05, 0.1) is 6.61 Å². The van der Waals surface area contributed by atoms with Crippen LogP contribution in [0.3, 0.4) is 0 Å². The minimum absolute atomic E-state index is 0.213. The van der Waals surface area contributed by atoms with Crippen LogP contribution in [0.4, 0.5) is 5.82 Å². The first-order chi connectivity index (χ1) is 12.4. The van der Waals surface area contributed by atoms with Gasteiger partial charge in [-0.15, -0.1) is 0 Å². The van der Waals surface area contributed by atoms with Gasteiger partial charge in [-0.3, -0.25) is 4.79 Å². The van der Waals surface area contributed by atoms with E-state index >= 15 is 0 Å². The Morgan fingerprint density at radius 3 is 2.50 bits per heavy atom. The number of hydrogen-bond donors (Lipinski definition) is 4. The van der Waals surface area contributed by atoms with Crippen molar-refractivity contribution in [3.8, 4) is 11.1 Å². The van der Waals surface area contributed by atoms with Crippen molar-refractivity contribution in [2.45, 2.75) is 19.4 Å². The number of carboxylic acids is 2. The largest absolute Gasteiger partial charge is 0.478 e. The summed E-state index contributed by atoms with van der Waals surface area (Å²) < 4.78 is 5.61. The van der Waals surface area contributed by atoms with Crippen molar-refractivity contribution >= 4 is 17.8 Å². The van der Waals surface area contributed by atoms with Crippen molar-refractivity contribution in [2.24, 2.45) is 5.92 Å². The quantitative estimate of drug-likeness (QED) is 0.592. The predicted molar refractivity (Wildman–Crippen MR) is 93.2 cm³/mol. The van der Waals surface area contributed by atoms with E-state index < -0.39 is 34.4 Å². The third-order valence-corrected chi connectivity index (χ3v) is 4.21. The first-order valence-electron chi connectivity index (χ1n) is 8.08. The summed E-state index contributed by atoms with van der Waals surface area (Å²) in [7, 11) is 0. The van der Waals surface area contributed by atoms with Crippen LogP contribution in [0.1, 0.15) is 39.1 Å². The molecule has 26 heavy (non-hydrogen) atoms. The highest BCUT2D eigenvalue weighted by molar-refractivity contribution is 6.07. The summed E-state index contributed by atoms with van der Waals surface area (Å²) in [5.41, 5.74) is 4.39. The van der Waals surface area contributed by atoms with E-state index in [0.717, 1.165) is 18.4 Å². The second-order valence-electron chi connectivity index (χ2n) is 6.26. The predicted octanol–water partition coefficient (Wildman–Crippen LogP) is 1.95. The van der Waals surface area contributed by atoms with Crippen LogP contribution in [0.5, 0.6) is 0 Å². The van der Waals surface area contributed by atoms with Gasteiger partial charge in [-0.25, -0.2) is 9.59 Å². The smallest absolute Gasteiger partial charge is 0.342 e. The molecule has 2 aromatic rings. The zero-order chi connectivity index (χ0) is 18.8. The number of carbonyl (C=O) groups is 2. The summed E-state index contributed by atoms with van der Waals surface area (Å²) in [6.07, 6.45) is 2.33. The molecule has 0 aliphatic heterocycles. The Labute approximate surface area is 148 Å². The van der Waals surface area contributed by atoms with Gasteiger partial charge in [0.2, 0.25) is 0 Å². The third-order valence-electron chi connectivity index (χ3n) is 4.21. The van der Waals surface area contributed by atoms with E-state index in [1.807, 2.05) is 0 Å². The number of rotatable bonds is 7. The maximum Gasteiger partial charge on any atom is 0.342 e. The molecule has 8 nitrogen and oxygen atoms in total. The number of aromatic amines is 1. The Morgan fingerprint density at radius 2 is 1.88 bits per heavy atom. The third kappa shape index (κ3) is 3.60. The number of anilines is 1. The molecule has 1 fully saturated rings. The molecular weight excluding hydrogens is 340 g/mol. The molecule has 0 bridgehead atoms. The summed E-state index contributed by atoms with van der Waals surface area (Å²) in [5.74, 6) is -2.74. The number of benzene rings is 1. The molecule has 1 aliphatic carbocycles. The fourth-order valence-electron chi connectivity index (χ4n) is 2.78. The van der Waals surface area contributed by atoms with Crippen LogP contribution in [0.15, 0.2) is 29.1 Å². The molecule has 1 aliphatic rings. The highest BCUT2D eigenvalue weighted by atomic mass is 16.5. The van der Waals surface area contributed by atoms with Gasteiger partial charge in [-0.05, 0) is 36.0 Å². The van der Waals surface area contributed by atoms with E-state index in [9.17, 15) is 24.6 Å². The lowest BCUT2D eigenvalue weighted by Crippen LogP contribution is -2.24. The standard InChI is InChI=1S/C18H18N2O6/c19-15-13(17(22)23)12(14(18(24)25)16(21)20-15)11-3-1-2-10(6-11)8-26-7-9-4-5-9/h1-3,6,9H,4-5,7-8H2,(H,22,23)(H,24,25)(H3,19,20,21). The van der Waals surface area contributed by atoms with Crippen molar-refractivity contribution in [1.82, 2.24) is 4.98 Å². The molecule has 1 aromatic carbocycles. The van der Waals surface area contributed by atoms with Gasteiger partial charge in [-0.2, -0.15) is 0 Å². The molecule has 1 heterocycles.